The third-order valence-corrected chi connectivity index (χ3v) is 5.45. The predicted molar refractivity (Wildman–Crippen MR) is 84.9 cm³/mol. The van der Waals surface area contributed by atoms with Gasteiger partial charge in [0.1, 0.15) is 0 Å². The van der Waals surface area contributed by atoms with E-state index in [1.54, 1.807) is 7.11 Å². The van der Waals surface area contributed by atoms with Gasteiger partial charge < -0.3 is 9.64 Å². The van der Waals surface area contributed by atoms with Gasteiger partial charge in [0.25, 0.3) is 0 Å². The van der Waals surface area contributed by atoms with Crippen LogP contribution in [0.1, 0.15) is 59.3 Å². The zero-order valence-corrected chi connectivity index (χ0v) is 14.1. The van der Waals surface area contributed by atoms with E-state index in [1.807, 2.05) is 0 Å². The number of amides is 1. The Hall–Kier alpha value is -0.610. The molecule has 0 aromatic carbocycles. The van der Waals surface area contributed by atoms with Gasteiger partial charge in [-0.1, -0.05) is 40.0 Å². The molecule has 1 saturated heterocycles. The van der Waals surface area contributed by atoms with E-state index in [0.29, 0.717) is 24.3 Å². The number of nitrogens with zero attached hydrogens (tertiary/aromatic N) is 1. The molecule has 0 aromatic heterocycles. The lowest BCUT2D eigenvalue weighted by Crippen LogP contribution is -2.49. The van der Waals surface area contributed by atoms with Gasteiger partial charge in [0, 0.05) is 7.11 Å². The molecule has 4 nitrogen and oxygen atoms in total. The fourth-order valence-corrected chi connectivity index (χ4v) is 3.91. The van der Waals surface area contributed by atoms with Gasteiger partial charge in [-0.3, -0.25) is 10.1 Å². The first-order valence-electron chi connectivity index (χ1n) is 8.71. The average Bonchev–Trinajstić information content (AvgIpc) is 3.12. The Morgan fingerprint density at radius 2 is 1.95 bits per heavy atom. The van der Waals surface area contributed by atoms with Crippen LogP contribution in [0.25, 0.3) is 0 Å². The Bertz CT molecular complexity index is 342. The normalized spacial score (nSPS) is 30.1. The molecule has 4 atom stereocenters. The van der Waals surface area contributed by atoms with Crippen LogP contribution in [-0.4, -0.2) is 42.8 Å². The van der Waals surface area contributed by atoms with E-state index in [9.17, 15) is 4.79 Å². The highest BCUT2D eigenvalue weighted by atomic mass is 16.5. The van der Waals surface area contributed by atoms with Crippen molar-refractivity contribution in [3.63, 3.8) is 0 Å². The van der Waals surface area contributed by atoms with Crippen molar-refractivity contribution < 1.29 is 9.53 Å². The minimum atomic E-state index is -0.00786. The number of ether oxygens (including phenoxy) is 1. The van der Waals surface area contributed by atoms with E-state index < -0.39 is 0 Å². The summed E-state index contributed by atoms with van der Waals surface area (Å²) in [5.41, 5.74) is 0. The van der Waals surface area contributed by atoms with Gasteiger partial charge in [0.2, 0.25) is 5.91 Å². The van der Waals surface area contributed by atoms with Gasteiger partial charge >= 0.3 is 0 Å². The van der Waals surface area contributed by atoms with Crippen molar-refractivity contribution in [3.05, 3.63) is 0 Å². The molecule has 0 spiro atoms. The molecular weight excluding hydrogens is 264 g/mol. The van der Waals surface area contributed by atoms with E-state index in [0.717, 1.165) is 12.8 Å². The summed E-state index contributed by atoms with van der Waals surface area (Å²) < 4.78 is 5.37. The quantitative estimate of drug-likeness (QED) is 0.785. The first kappa shape index (κ1) is 16.8. The molecule has 1 amide bonds. The topological polar surface area (TPSA) is 41.6 Å². The van der Waals surface area contributed by atoms with Crippen LogP contribution in [0, 0.1) is 11.8 Å². The Morgan fingerprint density at radius 1 is 1.29 bits per heavy atom. The monoisotopic (exact) mass is 296 g/mol. The number of rotatable bonds is 7. The summed E-state index contributed by atoms with van der Waals surface area (Å²) in [7, 11) is 1.73. The highest BCUT2D eigenvalue weighted by molar-refractivity contribution is 5.85. The highest BCUT2D eigenvalue weighted by Crippen LogP contribution is 2.34. The van der Waals surface area contributed by atoms with Crippen molar-refractivity contribution in [3.8, 4) is 0 Å². The Labute approximate surface area is 129 Å². The smallest absolute Gasteiger partial charge is 0.241 e. The van der Waals surface area contributed by atoms with Crippen LogP contribution in [0.2, 0.25) is 0 Å². The fraction of sp³-hybridized carbons (Fsp3) is 0.941. The number of carbonyl (C=O) groups is 1. The van der Waals surface area contributed by atoms with Crippen LogP contribution >= 0.6 is 0 Å². The third-order valence-electron chi connectivity index (χ3n) is 5.45. The second-order valence-corrected chi connectivity index (χ2v) is 6.78. The largest absolute Gasteiger partial charge is 0.383 e. The van der Waals surface area contributed by atoms with Crippen molar-refractivity contribution in [2.45, 2.75) is 77.5 Å². The Kier molecular flexibility index (Phi) is 6.06. The highest BCUT2D eigenvalue weighted by Gasteiger charge is 2.46. The molecule has 2 fully saturated rings. The summed E-state index contributed by atoms with van der Waals surface area (Å²) in [4.78, 5) is 15.1. The molecule has 4 heteroatoms. The molecule has 122 valence electrons. The minimum absolute atomic E-state index is 0.00786. The van der Waals surface area contributed by atoms with Gasteiger partial charge in [0.05, 0.1) is 24.9 Å². The molecule has 0 bridgehead atoms. The predicted octanol–water partition coefficient (Wildman–Crippen LogP) is 2.77. The summed E-state index contributed by atoms with van der Waals surface area (Å²) in [6.45, 7) is 7.14. The van der Waals surface area contributed by atoms with E-state index in [4.69, 9.17) is 4.74 Å². The maximum atomic E-state index is 13.0. The molecule has 1 aliphatic carbocycles. The minimum Gasteiger partial charge on any atom is -0.383 e. The summed E-state index contributed by atoms with van der Waals surface area (Å²) in [6, 6.07) is 0.196. The Morgan fingerprint density at radius 3 is 2.48 bits per heavy atom. The van der Waals surface area contributed by atoms with E-state index in [2.05, 4.69) is 31.0 Å². The van der Waals surface area contributed by atoms with Crippen LogP contribution < -0.4 is 5.32 Å². The molecule has 0 aromatic rings. The average molecular weight is 296 g/mol. The Balaban J connectivity index is 2.19. The second-order valence-electron chi connectivity index (χ2n) is 6.78. The van der Waals surface area contributed by atoms with Gasteiger partial charge in [-0.15, -0.1) is 0 Å². The first-order chi connectivity index (χ1) is 10.1. The molecular formula is C17H32N2O2. The number of methoxy groups -OCH3 is 1. The summed E-state index contributed by atoms with van der Waals surface area (Å²) >= 11 is 0. The fourth-order valence-electron chi connectivity index (χ4n) is 3.91. The number of nitrogens with one attached hydrogen (secondary N) is 1. The maximum Gasteiger partial charge on any atom is 0.241 e. The van der Waals surface area contributed by atoms with Crippen LogP contribution in [0.3, 0.4) is 0 Å². The first-order valence-corrected chi connectivity index (χ1v) is 8.71. The molecule has 0 radical (unpaired) electrons. The van der Waals surface area contributed by atoms with E-state index >= 15 is 0 Å². The summed E-state index contributed by atoms with van der Waals surface area (Å²) in [5, 5.41) is 3.68. The molecule has 1 N–H and O–H groups in total. The van der Waals surface area contributed by atoms with Crippen LogP contribution in [0.15, 0.2) is 0 Å². The molecule has 4 unspecified atom stereocenters. The van der Waals surface area contributed by atoms with Crippen molar-refractivity contribution in [2.24, 2.45) is 11.8 Å². The van der Waals surface area contributed by atoms with Crippen molar-refractivity contribution >= 4 is 5.91 Å². The van der Waals surface area contributed by atoms with Crippen molar-refractivity contribution in [1.29, 1.82) is 0 Å². The lowest BCUT2D eigenvalue weighted by Gasteiger charge is -2.35. The third kappa shape index (κ3) is 3.42. The number of hydrogen-bond donors (Lipinski definition) is 1. The number of hydrogen-bond acceptors (Lipinski definition) is 3. The van der Waals surface area contributed by atoms with Crippen LogP contribution in [0.5, 0.6) is 0 Å². The second kappa shape index (κ2) is 7.59. The van der Waals surface area contributed by atoms with Crippen LogP contribution in [-0.2, 0) is 9.53 Å². The van der Waals surface area contributed by atoms with Crippen molar-refractivity contribution in [1.82, 2.24) is 10.2 Å². The van der Waals surface area contributed by atoms with Gasteiger partial charge in [-0.25, -0.2) is 0 Å². The molecule has 1 saturated carbocycles. The maximum absolute atomic E-state index is 13.0. The molecule has 2 rings (SSSR count). The number of carbonyl (C=O) groups excluding carboxylic acids is 1. The van der Waals surface area contributed by atoms with E-state index in [-0.39, 0.29) is 18.2 Å². The molecule has 21 heavy (non-hydrogen) atoms. The van der Waals surface area contributed by atoms with E-state index in [1.165, 1.54) is 25.7 Å². The molecule has 1 aliphatic heterocycles. The lowest BCUT2D eigenvalue weighted by molar-refractivity contribution is -0.135. The zero-order valence-electron chi connectivity index (χ0n) is 14.1. The van der Waals surface area contributed by atoms with Gasteiger partial charge in [-0.2, -0.15) is 0 Å². The lowest BCUT2D eigenvalue weighted by atomic mass is 9.99. The molecule has 1 heterocycles. The van der Waals surface area contributed by atoms with Gasteiger partial charge in [-0.05, 0) is 31.1 Å². The molecule has 2 aliphatic rings. The summed E-state index contributed by atoms with van der Waals surface area (Å²) in [6.07, 6.45) is 7.32. The summed E-state index contributed by atoms with van der Waals surface area (Å²) in [5.74, 6) is 1.31. The van der Waals surface area contributed by atoms with Crippen LogP contribution in [0.4, 0.5) is 0 Å². The zero-order chi connectivity index (χ0) is 15.4. The standard InChI is InChI=1S/C17H32N2O2/c1-5-12(3)15-17(20)19(14(6-2)11-21-4)16(18-15)13-9-7-8-10-13/h12-16,18H,5-11H2,1-4H3. The van der Waals surface area contributed by atoms with Crippen molar-refractivity contribution in [2.75, 3.05) is 13.7 Å². The van der Waals surface area contributed by atoms with Gasteiger partial charge in [0.15, 0.2) is 0 Å². The SMILES string of the molecule is CCC(C)C1NC(C2CCCC2)N(C(CC)COC)C1=O.